The minimum atomic E-state index is -0.218. The van der Waals surface area contributed by atoms with Crippen LogP contribution in [0, 0.1) is 0 Å². The van der Waals surface area contributed by atoms with E-state index in [4.69, 9.17) is 5.73 Å². The van der Waals surface area contributed by atoms with E-state index in [1.54, 1.807) is 22.7 Å². The number of pyridine rings is 1. The molecule has 0 atom stereocenters. The highest BCUT2D eigenvalue weighted by Gasteiger charge is 2.12. The van der Waals surface area contributed by atoms with E-state index in [0.29, 0.717) is 17.0 Å². The predicted molar refractivity (Wildman–Crippen MR) is 74.0 cm³/mol. The number of amides is 1. The molecule has 1 amide bonds. The Balaban J connectivity index is 1.96. The van der Waals surface area contributed by atoms with E-state index in [2.05, 4.69) is 10.3 Å². The van der Waals surface area contributed by atoms with Crippen molar-refractivity contribution in [3.63, 3.8) is 0 Å². The van der Waals surface area contributed by atoms with Crippen LogP contribution >= 0.6 is 0 Å². The molecule has 1 aromatic carbocycles. The second kappa shape index (κ2) is 4.45. The van der Waals surface area contributed by atoms with E-state index in [-0.39, 0.29) is 5.91 Å². The Hall–Kier alpha value is -2.82. The maximum Gasteiger partial charge on any atom is 0.274 e. The first kappa shape index (κ1) is 11.3. The lowest BCUT2D eigenvalue weighted by Crippen LogP contribution is -2.14. The van der Waals surface area contributed by atoms with Crippen molar-refractivity contribution >= 4 is 22.9 Å². The monoisotopic (exact) mass is 252 g/mol. The highest BCUT2D eigenvalue weighted by molar-refractivity contribution is 6.03. The number of nitrogen functional groups attached to an aromatic ring is 1. The van der Waals surface area contributed by atoms with Gasteiger partial charge in [0, 0.05) is 17.6 Å². The number of benzene rings is 1. The third-order valence-electron chi connectivity index (χ3n) is 2.79. The number of rotatable bonds is 2. The van der Waals surface area contributed by atoms with Crippen LogP contribution in [0.3, 0.4) is 0 Å². The van der Waals surface area contributed by atoms with Crippen molar-refractivity contribution in [2.24, 2.45) is 0 Å². The van der Waals surface area contributed by atoms with Crippen LogP contribution in [-0.2, 0) is 0 Å². The molecule has 0 aliphatic carbocycles. The van der Waals surface area contributed by atoms with Gasteiger partial charge in [-0.05, 0) is 24.3 Å². The molecule has 3 aromatic rings. The number of carbonyl (C=O) groups is 1. The number of nitrogens with two attached hydrogens (primary N) is 1. The predicted octanol–water partition coefficient (Wildman–Crippen LogP) is 2.17. The van der Waals surface area contributed by atoms with Crippen LogP contribution in [-0.4, -0.2) is 15.3 Å². The molecule has 3 rings (SSSR count). The minimum Gasteiger partial charge on any atom is -0.398 e. The number of fused-ring (bicyclic) bond motifs is 1. The summed E-state index contributed by atoms with van der Waals surface area (Å²) in [4.78, 5) is 16.4. The van der Waals surface area contributed by atoms with Crippen molar-refractivity contribution in [2.75, 3.05) is 11.1 Å². The number of carbonyl (C=O) groups excluding carboxylic acids is 1. The first-order chi connectivity index (χ1) is 9.24. The van der Waals surface area contributed by atoms with Crippen LogP contribution in [0.2, 0.25) is 0 Å². The Morgan fingerprint density at radius 1 is 1.16 bits per heavy atom. The maximum absolute atomic E-state index is 12.2. The Bertz CT molecular complexity index is 734. The van der Waals surface area contributed by atoms with Crippen LogP contribution in [0.4, 0.5) is 11.4 Å². The number of nitrogens with zero attached hydrogens (tertiary/aromatic N) is 2. The van der Waals surface area contributed by atoms with E-state index in [1.165, 1.54) is 6.20 Å². The first-order valence-electron chi connectivity index (χ1n) is 5.83. The van der Waals surface area contributed by atoms with E-state index in [9.17, 15) is 4.79 Å². The van der Waals surface area contributed by atoms with Crippen molar-refractivity contribution in [2.45, 2.75) is 0 Å². The summed E-state index contributed by atoms with van der Waals surface area (Å²) < 4.78 is 1.67. The van der Waals surface area contributed by atoms with Crippen molar-refractivity contribution < 1.29 is 4.79 Å². The zero-order valence-electron chi connectivity index (χ0n) is 10.1. The highest BCUT2D eigenvalue weighted by atomic mass is 16.1. The largest absolute Gasteiger partial charge is 0.398 e. The lowest BCUT2D eigenvalue weighted by atomic mass is 10.3. The molecular formula is C14H12N4O. The van der Waals surface area contributed by atoms with Crippen molar-refractivity contribution in [1.82, 2.24) is 9.38 Å². The summed E-state index contributed by atoms with van der Waals surface area (Å²) >= 11 is 0. The van der Waals surface area contributed by atoms with Gasteiger partial charge in [0.15, 0.2) is 0 Å². The van der Waals surface area contributed by atoms with Crippen LogP contribution in [0.5, 0.6) is 0 Å². The van der Waals surface area contributed by atoms with Crippen molar-refractivity contribution in [3.8, 4) is 0 Å². The molecule has 5 nitrogen and oxygen atoms in total. The van der Waals surface area contributed by atoms with Crippen molar-refractivity contribution in [3.05, 3.63) is 60.6 Å². The zero-order valence-corrected chi connectivity index (χ0v) is 10.1. The summed E-state index contributed by atoms with van der Waals surface area (Å²) in [5, 5.41) is 2.82. The maximum atomic E-state index is 12.2. The molecule has 0 unspecified atom stereocenters. The second-order valence-corrected chi connectivity index (χ2v) is 4.15. The summed E-state index contributed by atoms with van der Waals surface area (Å²) in [5.41, 5.74) is 8.19. The topological polar surface area (TPSA) is 72.4 Å². The first-order valence-corrected chi connectivity index (χ1v) is 5.83. The van der Waals surface area contributed by atoms with Crippen LogP contribution < -0.4 is 11.1 Å². The number of aromatic nitrogens is 2. The summed E-state index contributed by atoms with van der Waals surface area (Å²) in [6, 6.07) is 12.8. The molecule has 0 radical (unpaired) electrons. The lowest BCUT2D eigenvalue weighted by molar-refractivity contribution is 0.102. The Kier molecular flexibility index (Phi) is 2.64. The van der Waals surface area contributed by atoms with Gasteiger partial charge < -0.3 is 11.1 Å². The fraction of sp³-hybridized carbons (Fsp3) is 0. The molecule has 2 heterocycles. The molecule has 0 aliphatic heterocycles. The molecule has 0 aliphatic rings. The number of nitrogens with one attached hydrogen (secondary N) is 1. The summed E-state index contributed by atoms with van der Waals surface area (Å²) in [6.45, 7) is 0. The molecular weight excluding hydrogens is 240 g/mol. The van der Waals surface area contributed by atoms with Gasteiger partial charge in [-0.15, -0.1) is 0 Å². The molecule has 0 fully saturated rings. The standard InChI is InChI=1S/C14H12N4O/c15-10-6-7-13-16-8-12(18(13)9-10)14(19)17-11-4-2-1-3-5-11/h1-9H,15H2,(H,17,19). The van der Waals surface area contributed by atoms with Crippen molar-refractivity contribution in [1.29, 1.82) is 0 Å². The summed E-state index contributed by atoms with van der Waals surface area (Å²) in [6.07, 6.45) is 3.22. The number of hydrogen-bond acceptors (Lipinski definition) is 3. The van der Waals surface area contributed by atoms with Gasteiger partial charge in [-0.25, -0.2) is 4.98 Å². The number of hydrogen-bond donors (Lipinski definition) is 2. The average Bonchev–Trinajstić information content (AvgIpc) is 2.82. The zero-order chi connectivity index (χ0) is 13.2. The van der Waals surface area contributed by atoms with Gasteiger partial charge in [-0.2, -0.15) is 0 Å². The van der Waals surface area contributed by atoms with Gasteiger partial charge in [0.05, 0.1) is 6.20 Å². The highest BCUT2D eigenvalue weighted by Crippen LogP contribution is 2.13. The van der Waals surface area contributed by atoms with E-state index in [1.807, 2.05) is 30.3 Å². The van der Waals surface area contributed by atoms with Gasteiger partial charge in [-0.3, -0.25) is 9.20 Å². The molecule has 3 N–H and O–H groups in total. The third kappa shape index (κ3) is 2.13. The molecule has 2 aromatic heterocycles. The lowest BCUT2D eigenvalue weighted by Gasteiger charge is -2.05. The fourth-order valence-corrected chi connectivity index (χ4v) is 1.88. The Morgan fingerprint density at radius 3 is 2.74 bits per heavy atom. The van der Waals surface area contributed by atoms with E-state index < -0.39 is 0 Å². The van der Waals surface area contributed by atoms with Crippen LogP contribution in [0.15, 0.2) is 54.9 Å². The average molecular weight is 252 g/mol. The minimum absolute atomic E-state index is 0.218. The molecule has 0 spiro atoms. The van der Waals surface area contributed by atoms with Gasteiger partial charge >= 0.3 is 0 Å². The Labute approximate surface area is 109 Å². The molecule has 19 heavy (non-hydrogen) atoms. The van der Waals surface area contributed by atoms with Crippen LogP contribution in [0.1, 0.15) is 10.5 Å². The van der Waals surface area contributed by atoms with Crippen LogP contribution in [0.25, 0.3) is 5.65 Å². The quantitative estimate of drug-likeness (QED) is 0.734. The van der Waals surface area contributed by atoms with E-state index in [0.717, 1.165) is 5.69 Å². The van der Waals surface area contributed by atoms with Gasteiger partial charge in [-0.1, -0.05) is 18.2 Å². The van der Waals surface area contributed by atoms with Gasteiger partial charge in [0.2, 0.25) is 0 Å². The molecule has 0 saturated carbocycles. The number of para-hydroxylation sites is 1. The van der Waals surface area contributed by atoms with Gasteiger partial charge in [0.25, 0.3) is 5.91 Å². The SMILES string of the molecule is Nc1ccc2ncc(C(=O)Nc3ccccc3)n2c1. The molecule has 5 heteroatoms. The summed E-state index contributed by atoms with van der Waals surface area (Å²) in [5.74, 6) is -0.218. The molecule has 94 valence electrons. The molecule has 0 saturated heterocycles. The number of anilines is 2. The van der Waals surface area contributed by atoms with E-state index >= 15 is 0 Å². The second-order valence-electron chi connectivity index (χ2n) is 4.15. The molecule has 0 bridgehead atoms. The normalized spacial score (nSPS) is 10.5. The Morgan fingerprint density at radius 2 is 1.95 bits per heavy atom. The smallest absolute Gasteiger partial charge is 0.274 e. The van der Waals surface area contributed by atoms with Gasteiger partial charge in [0.1, 0.15) is 11.3 Å². The summed E-state index contributed by atoms with van der Waals surface area (Å²) in [7, 11) is 0. The number of imidazole rings is 1. The third-order valence-corrected chi connectivity index (χ3v) is 2.79. The fourth-order valence-electron chi connectivity index (χ4n) is 1.88.